The molecule has 1 N–H and O–H groups in total. The van der Waals surface area contributed by atoms with Crippen LogP contribution in [0.15, 0.2) is 0 Å². The molecule has 1 atom stereocenters. The molecule has 0 aromatic carbocycles. The van der Waals surface area contributed by atoms with Crippen LogP contribution in [0.3, 0.4) is 0 Å². The Morgan fingerprint density at radius 3 is 2.50 bits per heavy atom. The van der Waals surface area contributed by atoms with Crippen LogP contribution in [0.1, 0.15) is 13.8 Å². The Morgan fingerprint density at radius 1 is 1.88 bits per heavy atom. The van der Waals surface area contributed by atoms with Crippen molar-refractivity contribution in [2.24, 2.45) is 0 Å². The van der Waals surface area contributed by atoms with E-state index in [-0.39, 0.29) is 0 Å². The van der Waals surface area contributed by atoms with Crippen LogP contribution < -0.4 is 0 Å². The summed E-state index contributed by atoms with van der Waals surface area (Å²) in [7, 11) is 3.39. The standard InChI is InChI=1S/C4H10O2PS/c1-3-6-8(7)4(2)5/h4-5H,3H2,1-2H3/q-1. The van der Waals surface area contributed by atoms with E-state index in [9.17, 15) is 0 Å². The van der Waals surface area contributed by atoms with Gasteiger partial charge in [0, 0.05) is 0 Å². The monoisotopic (exact) mass is 153 g/mol. The van der Waals surface area contributed by atoms with Gasteiger partial charge < -0.3 is 0 Å². The Bertz CT molecular complexity index is 115. The van der Waals surface area contributed by atoms with Crippen molar-refractivity contribution in [1.29, 1.82) is 0 Å². The van der Waals surface area contributed by atoms with Crippen molar-refractivity contribution in [3.05, 3.63) is 0 Å². The Morgan fingerprint density at radius 2 is 2.38 bits per heavy atom. The van der Waals surface area contributed by atoms with Crippen molar-refractivity contribution in [2.45, 2.75) is 19.3 Å². The van der Waals surface area contributed by atoms with Gasteiger partial charge >= 0.3 is 53.1 Å². The van der Waals surface area contributed by atoms with Gasteiger partial charge in [-0.05, 0) is 0 Å². The number of aliphatic hydroxyl groups is 1. The van der Waals surface area contributed by atoms with E-state index in [1.165, 1.54) is 0 Å². The van der Waals surface area contributed by atoms with Crippen molar-refractivity contribution in [3.63, 3.8) is 0 Å². The zero-order valence-corrected chi connectivity index (χ0v) is 6.71. The maximum absolute atomic E-state index is 8.76. The van der Waals surface area contributed by atoms with Gasteiger partial charge in [-0.25, -0.2) is 0 Å². The number of hydrogen-bond donors (Lipinski definition) is 1. The van der Waals surface area contributed by atoms with Gasteiger partial charge in [-0.3, -0.25) is 0 Å². The van der Waals surface area contributed by atoms with Crippen LogP contribution in [0.5, 0.6) is 0 Å². The third kappa shape index (κ3) is 3.67. The minimum atomic E-state index is -0.572. The molecule has 0 rings (SSSR count). The average molecular weight is 153 g/mol. The van der Waals surface area contributed by atoms with Gasteiger partial charge in [0.2, 0.25) is 0 Å². The average Bonchev–Trinajstić information content (AvgIpc) is 1.67. The second-order valence-corrected chi connectivity index (χ2v) is 3.83. The summed E-state index contributed by atoms with van der Waals surface area (Å²) in [5.41, 5.74) is -0.460. The fourth-order valence-electron chi connectivity index (χ4n) is 0.219. The Labute approximate surface area is 53.8 Å². The van der Waals surface area contributed by atoms with E-state index in [0.717, 1.165) is 0 Å². The van der Waals surface area contributed by atoms with E-state index in [0.29, 0.717) is 6.61 Å². The molecular weight excluding hydrogens is 143 g/mol. The number of rotatable bonds is 1. The van der Waals surface area contributed by atoms with Crippen LogP contribution in [-0.2, 0) is 14.3 Å². The second kappa shape index (κ2) is 4.57. The molecule has 0 amide bonds. The van der Waals surface area contributed by atoms with Crippen LogP contribution in [-0.4, -0.2) is 17.1 Å². The SMILES string of the molecule is CCO[S-](#P)C(C)O. The molecule has 0 fully saturated rings. The second-order valence-electron chi connectivity index (χ2n) is 1.28. The molecule has 0 saturated carbocycles. The molecule has 0 saturated heterocycles. The van der Waals surface area contributed by atoms with Crippen LogP contribution in [0, 0.1) is 0 Å². The molecule has 0 aliphatic rings. The quantitative estimate of drug-likeness (QED) is 0.453. The third-order valence-electron chi connectivity index (χ3n) is 0.530. The van der Waals surface area contributed by atoms with Gasteiger partial charge in [0.05, 0.1) is 0 Å². The van der Waals surface area contributed by atoms with E-state index in [2.05, 4.69) is 7.81 Å². The summed E-state index contributed by atoms with van der Waals surface area (Å²) in [6, 6.07) is 0. The fraction of sp³-hybridized carbons (Fsp3) is 1.00. The molecule has 1 unspecified atom stereocenters. The van der Waals surface area contributed by atoms with E-state index >= 15 is 0 Å². The van der Waals surface area contributed by atoms with E-state index in [1.54, 1.807) is 6.92 Å². The first-order valence-corrected chi connectivity index (χ1v) is 4.68. The summed E-state index contributed by atoms with van der Waals surface area (Å²) in [5.74, 6) is 0. The summed E-state index contributed by atoms with van der Waals surface area (Å²) < 4.78 is 4.95. The Kier molecular flexibility index (Phi) is 4.97. The molecule has 0 aliphatic carbocycles. The van der Waals surface area contributed by atoms with Gasteiger partial charge in [-0.15, -0.1) is 0 Å². The molecule has 0 heterocycles. The van der Waals surface area contributed by atoms with Crippen LogP contribution in [0.2, 0.25) is 0 Å². The van der Waals surface area contributed by atoms with Crippen LogP contribution in [0.4, 0.5) is 0 Å². The normalized spacial score (nSPS) is 14.4. The van der Waals surface area contributed by atoms with E-state index < -0.39 is 15.6 Å². The summed E-state index contributed by atoms with van der Waals surface area (Å²) in [6.45, 7) is 4.14. The first-order valence-electron chi connectivity index (χ1n) is 2.42. The molecule has 0 radical (unpaired) electrons. The van der Waals surface area contributed by atoms with Crippen molar-refractivity contribution < 1.29 is 9.29 Å². The van der Waals surface area contributed by atoms with Gasteiger partial charge in [0.25, 0.3) is 0 Å². The summed E-state index contributed by atoms with van der Waals surface area (Å²) in [5, 5.41) is 8.76. The molecule has 0 aliphatic heterocycles. The molecule has 2 nitrogen and oxygen atoms in total. The fourth-order valence-corrected chi connectivity index (χ4v) is 0.974. The topological polar surface area (TPSA) is 29.5 Å². The van der Waals surface area contributed by atoms with Gasteiger partial charge in [-0.2, -0.15) is 0 Å². The minimum absolute atomic E-state index is 0.460. The third-order valence-corrected chi connectivity index (χ3v) is 2.82. The predicted molar refractivity (Wildman–Crippen MR) is 37.6 cm³/mol. The predicted octanol–water partition coefficient (Wildman–Crippen LogP) is 1.22. The first-order chi connectivity index (χ1) is 3.68. The summed E-state index contributed by atoms with van der Waals surface area (Å²) >= 11 is 0. The summed E-state index contributed by atoms with van der Waals surface area (Å²) in [6.07, 6.45) is 0. The van der Waals surface area contributed by atoms with Gasteiger partial charge in [-0.1, -0.05) is 0 Å². The molecule has 8 heavy (non-hydrogen) atoms. The maximum atomic E-state index is 8.76. The molecule has 4 heteroatoms. The van der Waals surface area contributed by atoms with Crippen molar-refractivity contribution in [2.75, 3.05) is 6.61 Å². The van der Waals surface area contributed by atoms with Crippen molar-refractivity contribution in [1.82, 2.24) is 0 Å². The molecular formula is C4H10O2PS-. The number of aliphatic hydroxyl groups excluding tert-OH is 1. The molecule has 0 aromatic rings. The van der Waals surface area contributed by atoms with Gasteiger partial charge in [0.15, 0.2) is 0 Å². The molecule has 50 valence electrons. The van der Waals surface area contributed by atoms with Crippen molar-refractivity contribution >= 4 is 18.0 Å². The molecule has 0 spiro atoms. The Hall–Kier alpha value is 0.700. The Balaban J connectivity index is 3.39. The van der Waals surface area contributed by atoms with Crippen LogP contribution in [0.25, 0.3) is 0 Å². The van der Waals surface area contributed by atoms with E-state index in [1.807, 2.05) is 6.92 Å². The molecule has 0 bridgehead atoms. The molecule has 0 aromatic heterocycles. The van der Waals surface area contributed by atoms with Crippen molar-refractivity contribution in [3.8, 4) is 0 Å². The summed E-state index contributed by atoms with van der Waals surface area (Å²) in [4.78, 5) is 0. The van der Waals surface area contributed by atoms with Gasteiger partial charge in [0.1, 0.15) is 0 Å². The van der Waals surface area contributed by atoms with E-state index in [4.69, 9.17) is 9.29 Å². The number of hydrogen-bond acceptors (Lipinski definition) is 3. The zero-order chi connectivity index (χ0) is 6.57. The van der Waals surface area contributed by atoms with Crippen LogP contribution >= 0.6 is 7.81 Å². The zero-order valence-electron chi connectivity index (χ0n) is 5.00. The first kappa shape index (κ1) is 8.70.